The van der Waals surface area contributed by atoms with Gasteiger partial charge >= 0.3 is 0 Å². The maximum absolute atomic E-state index is 12.8. The predicted molar refractivity (Wildman–Crippen MR) is 94.4 cm³/mol. The van der Waals surface area contributed by atoms with E-state index >= 15 is 0 Å². The molecule has 25 heavy (non-hydrogen) atoms. The lowest BCUT2D eigenvalue weighted by atomic mass is 9.85. The summed E-state index contributed by atoms with van der Waals surface area (Å²) < 4.78 is 0. The Balaban J connectivity index is 1.66. The minimum absolute atomic E-state index is 0.0741. The minimum Gasteiger partial charge on any atom is -0.345 e. The van der Waals surface area contributed by atoms with E-state index in [9.17, 15) is 14.9 Å². The standard InChI is InChI=1S/C19H21N3O3/c1-21(12-10-14-5-2-8-16(13-14)22(24)25)19(23)17-9-3-6-15-7-4-11-20-18(15)17/h2,4-5,7-8,11,13,17H,3,6,9-10,12H2,1H3/t17-/m1/s1. The van der Waals surface area contributed by atoms with Crippen molar-refractivity contribution in [3.63, 3.8) is 0 Å². The summed E-state index contributed by atoms with van der Waals surface area (Å²) in [4.78, 5) is 29.4. The number of carbonyl (C=O) groups is 1. The molecule has 1 aliphatic rings. The zero-order valence-corrected chi connectivity index (χ0v) is 14.2. The Morgan fingerprint density at radius 2 is 2.20 bits per heavy atom. The van der Waals surface area contributed by atoms with E-state index in [1.807, 2.05) is 18.2 Å². The lowest BCUT2D eigenvalue weighted by Gasteiger charge is -2.27. The second-order valence-electron chi connectivity index (χ2n) is 6.43. The van der Waals surface area contributed by atoms with Crippen LogP contribution in [-0.2, 0) is 17.6 Å². The van der Waals surface area contributed by atoms with Crippen LogP contribution in [0.1, 0.15) is 35.6 Å². The summed E-state index contributed by atoms with van der Waals surface area (Å²) in [5, 5.41) is 10.9. The quantitative estimate of drug-likeness (QED) is 0.619. The molecule has 1 atom stereocenters. The van der Waals surface area contributed by atoms with Crippen molar-refractivity contribution in [2.24, 2.45) is 0 Å². The van der Waals surface area contributed by atoms with Crippen LogP contribution >= 0.6 is 0 Å². The third-order valence-electron chi connectivity index (χ3n) is 4.73. The molecule has 0 radical (unpaired) electrons. The van der Waals surface area contributed by atoms with Gasteiger partial charge in [0, 0.05) is 31.9 Å². The van der Waals surface area contributed by atoms with Gasteiger partial charge in [0.25, 0.3) is 5.69 Å². The maximum Gasteiger partial charge on any atom is 0.269 e. The van der Waals surface area contributed by atoms with Crippen LogP contribution in [0.5, 0.6) is 0 Å². The van der Waals surface area contributed by atoms with Crippen LogP contribution in [0, 0.1) is 10.1 Å². The number of benzene rings is 1. The number of nitrogens with zero attached hydrogens (tertiary/aromatic N) is 3. The Bertz CT molecular complexity index is 791. The second kappa shape index (κ2) is 7.42. The van der Waals surface area contributed by atoms with Crippen LogP contribution in [-0.4, -0.2) is 34.3 Å². The van der Waals surface area contributed by atoms with E-state index in [1.165, 1.54) is 11.6 Å². The summed E-state index contributed by atoms with van der Waals surface area (Å²) >= 11 is 0. The molecule has 1 aromatic heterocycles. The molecule has 0 fully saturated rings. The summed E-state index contributed by atoms with van der Waals surface area (Å²) in [6.07, 6.45) is 5.13. The predicted octanol–water partition coefficient (Wildman–Crippen LogP) is 3.11. The Morgan fingerprint density at radius 3 is 3.00 bits per heavy atom. The van der Waals surface area contributed by atoms with Gasteiger partial charge in [0.1, 0.15) is 0 Å². The lowest BCUT2D eigenvalue weighted by molar-refractivity contribution is -0.384. The van der Waals surface area contributed by atoms with Crippen molar-refractivity contribution in [3.8, 4) is 0 Å². The number of amides is 1. The number of hydrogen-bond acceptors (Lipinski definition) is 4. The number of likely N-dealkylation sites (N-methyl/N-ethyl adjacent to an activating group) is 1. The highest BCUT2D eigenvalue weighted by atomic mass is 16.6. The van der Waals surface area contributed by atoms with E-state index in [-0.39, 0.29) is 17.5 Å². The summed E-state index contributed by atoms with van der Waals surface area (Å²) in [7, 11) is 1.79. The Labute approximate surface area is 146 Å². The molecule has 1 aromatic carbocycles. The average Bonchev–Trinajstić information content (AvgIpc) is 2.65. The van der Waals surface area contributed by atoms with E-state index in [0.29, 0.717) is 13.0 Å². The van der Waals surface area contributed by atoms with Gasteiger partial charge in [0.15, 0.2) is 0 Å². The average molecular weight is 339 g/mol. The molecule has 0 saturated carbocycles. The number of pyridine rings is 1. The second-order valence-corrected chi connectivity index (χ2v) is 6.43. The van der Waals surface area contributed by atoms with Crippen LogP contribution < -0.4 is 0 Å². The number of hydrogen-bond donors (Lipinski definition) is 0. The molecule has 6 nitrogen and oxygen atoms in total. The number of fused-ring (bicyclic) bond motifs is 1. The molecule has 0 bridgehead atoms. The zero-order valence-electron chi connectivity index (χ0n) is 14.2. The van der Waals surface area contributed by atoms with Crippen LogP contribution in [0.25, 0.3) is 0 Å². The van der Waals surface area contributed by atoms with E-state index in [0.717, 1.165) is 30.5 Å². The largest absolute Gasteiger partial charge is 0.345 e. The molecule has 0 N–H and O–H groups in total. The van der Waals surface area contributed by atoms with Gasteiger partial charge in [-0.05, 0) is 42.9 Å². The number of nitro groups is 1. The van der Waals surface area contributed by atoms with Crippen LogP contribution in [0.3, 0.4) is 0 Å². The fourth-order valence-corrected chi connectivity index (χ4v) is 3.35. The number of rotatable bonds is 5. The van der Waals surface area contributed by atoms with Crippen molar-refractivity contribution in [1.29, 1.82) is 0 Å². The Morgan fingerprint density at radius 1 is 1.36 bits per heavy atom. The van der Waals surface area contributed by atoms with Gasteiger partial charge in [0.05, 0.1) is 16.5 Å². The monoisotopic (exact) mass is 339 g/mol. The smallest absolute Gasteiger partial charge is 0.269 e. The first-order chi connectivity index (χ1) is 12.1. The maximum atomic E-state index is 12.8. The summed E-state index contributed by atoms with van der Waals surface area (Å²) in [6, 6.07) is 10.5. The third-order valence-corrected chi connectivity index (χ3v) is 4.73. The highest BCUT2D eigenvalue weighted by molar-refractivity contribution is 5.83. The highest BCUT2D eigenvalue weighted by Crippen LogP contribution is 2.31. The summed E-state index contributed by atoms with van der Waals surface area (Å²) in [6.45, 7) is 0.526. The molecule has 0 aliphatic heterocycles. The van der Waals surface area contributed by atoms with Crippen LogP contribution in [0.15, 0.2) is 42.6 Å². The molecule has 1 amide bonds. The Hall–Kier alpha value is -2.76. The fraction of sp³-hybridized carbons (Fsp3) is 0.368. The van der Waals surface area contributed by atoms with Crippen molar-refractivity contribution in [2.45, 2.75) is 31.6 Å². The first-order valence-electron chi connectivity index (χ1n) is 8.48. The molecular formula is C19H21N3O3. The third kappa shape index (κ3) is 3.84. The van der Waals surface area contributed by atoms with E-state index in [1.54, 1.807) is 30.3 Å². The fourth-order valence-electron chi connectivity index (χ4n) is 3.35. The number of aryl methyl sites for hydroxylation is 1. The summed E-state index contributed by atoms with van der Waals surface area (Å²) in [5.41, 5.74) is 3.01. The molecule has 0 saturated heterocycles. The number of non-ortho nitro benzene ring substituents is 1. The van der Waals surface area contributed by atoms with E-state index < -0.39 is 4.92 Å². The molecule has 6 heteroatoms. The summed E-state index contributed by atoms with van der Waals surface area (Å²) in [5.74, 6) is -0.106. The molecule has 0 unspecified atom stereocenters. The van der Waals surface area contributed by atoms with Gasteiger partial charge in [-0.3, -0.25) is 19.9 Å². The zero-order chi connectivity index (χ0) is 17.8. The number of nitro benzene ring substituents is 1. The van der Waals surface area contributed by atoms with Crippen molar-refractivity contribution >= 4 is 11.6 Å². The van der Waals surface area contributed by atoms with Gasteiger partial charge in [0.2, 0.25) is 5.91 Å². The molecular weight excluding hydrogens is 318 g/mol. The van der Waals surface area contributed by atoms with Crippen molar-refractivity contribution in [3.05, 3.63) is 69.5 Å². The van der Waals surface area contributed by atoms with Crippen molar-refractivity contribution in [1.82, 2.24) is 9.88 Å². The first kappa shape index (κ1) is 17.1. The van der Waals surface area contributed by atoms with Gasteiger partial charge in [-0.15, -0.1) is 0 Å². The van der Waals surface area contributed by atoms with E-state index in [2.05, 4.69) is 4.98 Å². The van der Waals surface area contributed by atoms with Crippen LogP contribution in [0.2, 0.25) is 0 Å². The first-order valence-corrected chi connectivity index (χ1v) is 8.48. The van der Waals surface area contributed by atoms with Gasteiger partial charge in [-0.25, -0.2) is 0 Å². The molecule has 1 heterocycles. The normalized spacial score (nSPS) is 16.1. The minimum atomic E-state index is -0.400. The Kier molecular flexibility index (Phi) is 5.07. The molecule has 3 rings (SSSR count). The van der Waals surface area contributed by atoms with E-state index in [4.69, 9.17) is 0 Å². The van der Waals surface area contributed by atoms with Gasteiger partial charge in [-0.2, -0.15) is 0 Å². The SMILES string of the molecule is CN(CCc1cccc([N+](=O)[O-])c1)C(=O)[C@@H]1CCCc2cccnc21. The molecule has 1 aliphatic carbocycles. The lowest BCUT2D eigenvalue weighted by Crippen LogP contribution is -2.35. The van der Waals surface area contributed by atoms with Crippen molar-refractivity contribution in [2.75, 3.05) is 13.6 Å². The highest BCUT2D eigenvalue weighted by Gasteiger charge is 2.29. The van der Waals surface area contributed by atoms with Gasteiger partial charge in [-0.1, -0.05) is 18.2 Å². The number of aromatic nitrogens is 1. The number of carbonyl (C=O) groups excluding carboxylic acids is 1. The topological polar surface area (TPSA) is 76.3 Å². The molecule has 130 valence electrons. The van der Waals surface area contributed by atoms with Crippen LogP contribution in [0.4, 0.5) is 5.69 Å². The molecule has 2 aromatic rings. The van der Waals surface area contributed by atoms with Gasteiger partial charge < -0.3 is 4.90 Å². The molecule has 0 spiro atoms. The van der Waals surface area contributed by atoms with Crippen molar-refractivity contribution < 1.29 is 9.72 Å².